The summed E-state index contributed by atoms with van der Waals surface area (Å²) in [5, 5.41) is 21.4. The van der Waals surface area contributed by atoms with Gasteiger partial charge in [0.2, 0.25) is 0 Å². The first-order valence-electron chi connectivity index (χ1n) is 9.77. The zero-order chi connectivity index (χ0) is 23.4. The number of amides is 1. The van der Waals surface area contributed by atoms with E-state index >= 15 is 0 Å². The number of nitrogens with zero attached hydrogens (tertiary/aromatic N) is 2. The van der Waals surface area contributed by atoms with Crippen molar-refractivity contribution in [2.24, 2.45) is 0 Å². The molecular weight excluding hydrogens is 433 g/mol. The summed E-state index contributed by atoms with van der Waals surface area (Å²) in [6.45, 7) is -0.995. The molecule has 1 saturated heterocycles. The maximum absolute atomic E-state index is 12.9. The fraction of sp³-hybridized carbons (Fsp3) is 0.429. The van der Waals surface area contributed by atoms with E-state index in [1.807, 2.05) is 0 Å². The second kappa shape index (κ2) is 9.72. The summed E-state index contributed by atoms with van der Waals surface area (Å²) >= 11 is 0. The van der Waals surface area contributed by atoms with Crippen molar-refractivity contribution in [1.29, 1.82) is 0 Å². The van der Waals surface area contributed by atoms with Crippen LogP contribution in [0.15, 0.2) is 42.6 Å². The summed E-state index contributed by atoms with van der Waals surface area (Å²) in [6, 6.07) is 9.26. The molecule has 2 unspecified atom stereocenters. The molecule has 1 amide bonds. The smallest absolute Gasteiger partial charge is 0.493 e. The van der Waals surface area contributed by atoms with E-state index in [1.165, 1.54) is 36.4 Å². The molecule has 2 aromatic rings. The van der Waals surface area contributed by atoms with Crippen molar-refractivity contribution >= 4 is 5.91 Å². The number of halogens is 3. The van der Waals surface area contributed by atoms with Gasteiger partial charge in [0, 0.05) is 24.7 Å². The Morgan fingerprint density at radius 2 is 2.03 bits per heavy atom. The van der Waals surface area contributed by atoms with Crippen LogP contribution in [-0.4, -0.2) is 71.9 Å². The fourth-order valence-electron chi connectivity index (χ4n) is 3.44. The summed E-state index contributed by atoms with van der Waals surface area (Å²) in [6.07, 6.45) is -4.38. The molecule has 32 heavy (non-hydrogen) atoms. The molecule has 2 N–H and O–H groups in total. The Balaban J connectivity index is 1.65. The molecule has 1 aromatic heterocycles. The van der Waals surface area contributed by atoms with E-state index in [0.29, 0.717) is 5.69 Å². The van der Waals surface area contributed by atoms with E-state index in [-0.39, 0.29) is 43.2 Å². The SMILES string of the molecule is COc1cc(C(=O)N2CCC(O)(c3ccccn3)C(O)C2)ccc1OCCOC(F)(F)F. The van der Waals surface area contributed by atoms with Crippen LogP contribution < -0.4 is 9.47 Å². The molecule has 0 saturated carbocycles. The van der Waals surface area contributed by atoms with E-state index in [0.717, 1.165) is 0 Å². The molecule has 1 aliphatic heterocycles. The van der Waals surface area contributed by atoms with Gasteiger partial charge in [0.05, 0.1) is 26.0 Å². The molecule has 2 heterocycles. The number of aliphatic hydroxyl groups excluding tert-OH is 1. The first-order chi connectivity index (χ1) is 15.1. The van der Waals surface area contributed by atoms with Gasteiger partial charge in [0.1, 0.15) is 18.3 Å². The van der Waals surface area contributed by atoms with Gasteiger partial charge >= 0.3 is 6.36 Å². The minimum atomic E-state index is -4.74. The highest BCUT2D eigenvalue weighted by molar-refractivity contribution is 5.95. The number of hydrogen-bond acceptors (Lipinski definition) is 7. The lowest BCUT2D eigenvalue weighted by Gasteiger charge is -2.41. The van der Waals surface area contributed by atoms with Crippen molar-refractivity contribution < 1.29 is 42.4 Å². The maximum atomic E-state index is 12.9. The van der Waals surface area contributed by atoms with Crippen molar-refractivity contribution in [3.8, 4) is 11.5 Å². The monoisotopic (exact) mass is 456 g/mol. The largest absolute Gasteiger partial charge is 0.522 e. The van der Waals surface area contributed by atoms with Crippen LogP contribution in [0.5, 0.6) is 11.5 Å². The zero-order valence-electron chi connectivity index (χ0n) is 17.2. The Hall–Kier alpha value is -2.89. The number of β-amino-alcohol motifs (C(OH)–C–C–N with tert-alkyl or cyclic N) is 1. The zero-order valence-corrected chi connectivity index (χ0v) is 17.2. The van der Waals surface area contributed by atoms with Gasteiger partial charge in [-0.15, -0.1) is 13.2 Å². The molecule has 1 aliphatic rings. The van der Waals surface area contributed by atoms with Crippen LogP contribution in [0.2, 0.25) is 0 Å². The number of aliphatic hydroxyl groups is 2. The van der Waals surface area contributed by atoms with Crippen molar-refractivity contribution in [2.75, 3.05) is 33.4 Å². The van der Waals surface area contributed by atoms with Gasteiger partial charge in [-0.05, 0) is 30.3 Å². The summed E-state index contributed by atoms with van der Waals surface area (Å²) < 4.78 is 50.2. The minimum Gasteiger partial charge on any atom is -0.493 e. The molecule has 0 aliphatic carbocycles. The molecule has 1 aromatic carbocycles. The lowest BCUT2D eigenvalue weighted by Crippen LogP contribution is -2.55. The topological polar surface area (TPSA) is 101 Å². The van der Waals surface area contributed by atoms with Crippen LogP contribution in [-0.2, 0) is 10.3 Å². The molecular formula is C21H23F3N2O6. The van der Waals surface area contributed by atoms with Crippen LogP contribution in [0.4, 0.5) is 13.2 Å². The molecule has 0 radical (unpaired) electrons. The Morgan fingerprint density at radius 1 is 1.25 bits per heavy atom. The highest BCUT2D eigenvalue weighted by atomic mass is 19.4. The lowest BCUT2D eigenvalue weighted by molar-refractivity contribution is -0.325. The summed E-state index contributed by atoms with van der Waals surface area (Å²) in [5.41, 5.74) is -1.00. The molecule has 0 bridgehead atoms. The standard InChI is InChI=1S/C21H23F3N2O6/c1-30-16-12-14(5-6-15(16)31-10-11-32-21(22,23)24)19(28)26-9-7-20(29,18(27)13-26)17-4-2-3-8-25-17/h2-6,8,12,18,27,29H,7,9-11,13H2,1H3. The van der Waals surface area contributed by atoms with E-state index in [1.54, 1.807) is 18.2 Å². The number of methoxy groups -OCH3 is 1. The fourth-order valence-corrected chi connectivity index (χ4v) is 3.44. The second-order valence-electron chi connectivity index (χ2n) is 7.16. The normalized spacial score (nSPS) is 21.3. The quantitative estimate of drug-likeness (QED) is 0.616. The molecule has 11 heteroatoms. The van der Waals surface area contributed by atoms with Crippen LogP contribution in [0.1, 0.15) is 22.5 Å². The van der Waals surface area contributed by atoms with Crippen molar-refractivity contribution in [3.05, 3.63) is 53.9 Å². The van der Waals surface area contributed by atoms with Crippen LogP contribution in [0.3, 0.4) is 0 Å². The number of ether oxygens (including phenoxy) is 3. The van der Waals surface area contributed by atoms with E-state index in [2.05, 4.69) is 9.72 Å². The summed E-state index contributed by atoms with van der Waals surface area (Å²) in [5.74, 6) is -0.0965. The van der Waals surface area contributed by atoms with Gasteiger partial charge in [0.25, 0.3) is 5.91 Å². The Kier molecular flexibility index (Phi) is 7.22. The first-order valence-corrected chi connectivity index (χ1v) is 9.77. The second-order valence-corrected chi connectivity index (χ2v) is 7.16. The highest BCUT2D eigenvalue weighted by Crippen LogP contribution is 2.33. The van der Waals surface area contributed by atoms with Crippen molar-refractivity contribution in [2.45, 2.75) is 24.5 Å². The Morgan fingerprint density at radius 3 is 2.66 bits per heavy atom. The van der Waals surface area contributed by atoms with Gasteiger partial charge in [0.15, 0.2) is 11.5 Å². The third-order valence-corrected chi connectivity index (χ3v) is 5.12. The minimum absolute atomic E-state index is 0.0917. The average Bonchev–Trinajstić information content (AvgIpc) is 2.78. The van der Waals surface area contributed by atoms with Gasteiger partial charge in [-0.25, -0.2) is 0 Å². The number of carbonyl (C=O) groups excluding carboxylic acids is 1. The molecule has 174 valence electrons. The van der Waals surface area contributed by atoms with Gasteiger partial charge in [-0.2, -0.15) is 0 Å². The first kappa shape index (κ1) is 23.8. The molecule has 1 fully saturated rings. The van der Waals surface area contributed by atoms with E-state index < -0.39 is 30.6 Å². The Bertz CT molecular complexity index is 927. The number of pyridine rings is 1. The van der Waals surface area contributed by atoms with Gasteiger partial charge < -0.3 is 24.6 Å². The van der Waals surface area contributed by atoms with Gasteiger partial charge in [-0.1, -0.05) is 6.07 Å². The number of likely N-dealkylation sites (tertiary alicyclic amines) is 1. The molecule has 0 spiro atoms. The average molecular weight is 456 g/mol. The number of carbonyl (C=O) groups is 1. The number of benzene rings is 1. The lowest BCUT2D eigenvalue weighted by atomic mass is 9.85. The maximum Gasteiger partial charge on any atom is 0.522 e. The summed E-state index contributed by atoms with van der Waals surface area (Å²) in [4.78, 5) is 18.4. The highest BCUT2D eigenvalue weighted by Gasteiger charge is 2.44. The molecule has 3 rings (SSSR count). The number of rotatable bonds is 7. The van der Waals surface area contributed by atoms with Gasteiger partial charge in [-0.3, -0.25) is 14.5 Å². The van der Waals surface area contributed by atoms with Crippen molar-refractivity contribution in [1.82, 2.24) is 9.88 Å². The van der Waals surface area contributed by atoms with Crippen LogP contribution in [0, 0.1) is 0 Å². The van der Waals surface area contributed by atoms with Crippen LogP contribution in [0.25, 0.3) is 0 Å². The number of piperidine rings is 1. The van der Waals surface area contributed by atoms with E-state index in [4.69, 9.17) is 9.47 Å². The molecule has 2 atom stereocenters. The third kappa shape index (κ3) is 5.47. The van der Waals surface area contributed by atoms with E-state index in [9.17, 15) is 28.2 Å². The summed E-state index contributed by atoms with van der Waals surface area (Å²) in [7, 11) is 1.33. The number of aromatic nitrogens is 1. The molecule has 8 nitrogen and oxygen atoms in total. The third-order valence-electron chi connectivity index (χ3n) is 5.12. The van der Waals surface area contributed by atoms with Crippen LogP contribution >= 0.6 is 0 Å². The predicted octanol–water partition coefficient (Wildman–Crippen LogP) is 2.10. The Labute approximate surface area is 182 Å². The van der Waals surface area contributed by atoms with Crippen molar-refractivity contribution in [3.63, 3.8) is 0 Å². The predicted molar refractivity (Wildman–Crippen MR) is 105 cm³/mol. The number of alkyl halides is 3. The number of hydrogen-bond donors (Lipinski definition) is 2.